The number of ether oxygens (including phenoxy) is 1. The fraction of sp³-hybridized carbons (Fsp3) is 0.184. The van der Waals surface area contributed by atoms with Crippen molar-refractivity contribution in [1.82, 2.24) is 4.98 Å². The van der Waals surface area contributed by atoms with E-state index in [9.17, 15) is 0 Å². The zero-order valence-electron chi connectivity index (χ0n) is 23.9. The summed E-state index contributed by atoms with van der Waals surface area (Å²) in [6.07, 6.45) is 11.3. The van der Waals surface area contributed by atoms with Gasteiger partial charge in [0.25, 0.3) is 0 Å². The predicted molar refractivity (Wildman–Crippen MR) is 179 cm³/mol. The Bertz CT molecular complexity index is 1680. The van der Waals surface area contributed by atoms with Gasteiger partial charge in [-0.05, 0) is 71.3 Å². The Morgan fingerprint density at radius 3 is 2.20 bits per heavy atom. The van der Waals surface area contributed by atoms with Crippen LogP contribution in [0.5, 0.6) is 5.75 Å². The Labute approximate surface area is 248 Å². The molecule has 41 heavy (non-hydrogen) atoms. The first kappa shape index (κ1) is 28.4. The van der Waals surface area contributed by atoms with Crippen molar-refractivity contribution < 1.29 is 4.74 Å². The van der Waals surface area contributed by atoms with Crippen LogP contribution in [0, 0.1) is 0 Å². The monoisotopic (exact) mass is 555 g/mol. The molecule has 4 aromatic carbocycles. The minimum absolute atomic E-state index is 0.597. The van der Waals surface area contributed by atoms with Crippen LogP contribution in [0.15, 0.2) is 115 Å². The van der Waals surface area contributed by atoms with Gasteiger partial charge in [-0.25, -0.2) is 4.98 Å². The zero-order valence-corrected chi connectivity index (χ0v) is 24.7. The Morgan fingerprint density at radius 2 is 1.46 bits per heavy atom. The molecule has 0 aliphatic heterocycles. The largest absolute Gasteiger partial charge is 0.457 e. The third-order valence-corrected chi connectivity index (χ3v) is 8.42. The molecule has 0 saturated carbocycles. The summed E-state index contributed by atoms with van der Waals surface area (Å²) in [6.45, 7) is 14.3. The van der Waals surface area contributed by atoms with Crippen LogP contribution in [0.2, 0.25) is 0 Å². The van der Waals surface area contributed by atoms with Crippen LogP contribution in [-0.4, -0.2) is 4.98 Å². The highest BCUT2D eigenvalue weighted by Gasteiger charge is 2.13. The number of fused-ring (bicyclic) bond motifs is 3. The first-order chi connectivity index (χ1) is 20.1. The molecule has 1 aromatic heterocycles. The van der Waals surface area contributed by atoms with Crippen LogP contribution in [0.3, 0.4) is 0 Å². The highest BCUT2D eigenvalue weighted by Crippen LogP contribution is 2.37. The van der Waals surface area contributed by atoms with Crippen molar-refractivity contribution in [2.45, 2.75) is 55.4 Å². The van der Waals surface area contributed by atoms with Gasteiger partial charge in [0, 0.05) is 21.2 Å². The normalized spacial score (nSPS) is 11.0. The molecule has 0 amide bonds. The van der Waals surface area contributed by atoms with E-state index < -0.39 is 0 Å². The molecule has 0 fully saturated rings. The van der Waals surface area contributed by atoms with Crippen LogP contribution in [0.4, 0.5) is 0 Å². The highest BCUT2D eigenvalue weighted by atomic mass is 32.2. The van der Waals surface area contributed by atoms with Crippen LogP contribution < -0.4 is 4.74 Å². The minimum Gasteiger partial charge on any atom is -0.457 e. The number of hydrogen-bond acceptors (Lipinski definition) is 3. The van der Waals surface area contributed by atoms with Gasteiger partial charge in [0.15, 0.2) is 0 Å². The lowest BCUT2D eigenvalue weighted by atomic mass is 10.0. The molecular formula is C38H37NOS. The van der Waals surface area contributed by atoms with Crippen LogP contribution in [0.1, 0.15) is 61.3 Å². The lowest BCUT2D eigenvalue weighted by Crippen LogP contribution is -1.95. The maximum Gasteiger partial charge on any atom is 0.127 e. The van der Waals surface area contributed by atoms with Gasteiger partial charge in [0.1, 0.15) is 16.5 Å². The highest BCUT2D eigenvalue weighted by molar-refractivity contribution is 7.99. The SMILES string of the molecule is C=Cc1ccc(OC(=C)c2ccc3c(c2)c(Sc2ccc(CCCCCCC)cc2)nc2cc(C=C)ccc23)cc1. The molecule has 206 valence electrons. The lowest BCUT2D eigenvalue weighted by molar-refractivity contribution is 0.517. The first-order valence-electron chi connectivity index (χ1n) is 14.4. The Balaban J connectivity index is 1.45. The summed E-state index contributed by atoms with van der Waals surface area (Å²) in [5.41, 5.74) is 5.40. The van der Waals surface area contributed by atoms with Gasteiger partial charge in [-0.2, -0.15) is 0 Å². The molecule has 5 rings (SSSR count). The van der Waals surface area contributed by atoms with Gasteiger partial charge in [-0.1, -0.05) is 125 Å². The van der Waals surface area contributed by atoms with Crippen molar-refractivity contribution in [3.63, 3.8) is 0 Å². The van der Waals surface area contributed by atoms with Crippen molar-refractivity contribution in [3.05, 3.63) is 127 Å². The average Bonchev–Trinajstić information content (AvgIpc) is 3.01. The molecule has 1 heterocycles. The predicted octanol–water partition coefficient (Wildman–Crippen LogP) is 11.4. The summed E-state index contributed by atoms with van der Waals surface area (Å²) in [5.74, 6) is 1.34. The number of aryl methyl sites for hydroxylation is 1. The van der Waals surface area contributed by atoms with Gasteiger partial charge in [0.05, 0.1) is 5.52 Å². The summed E-state index contributed by atoms with van der Waals surface area (Å²) < 4.78 is 6.12. The van der Waals surface area contributed by atoms with Crippen LogP contribution in [-0.2, 0) is 6.42 Å². The molecular weight excluding hydrogens is 518 g/mol. The van der Waals surface area contributed by atoms with E-state index in [1.54, 1.807) is 11.8 Å². The number of benzene rings is 4. The van der Waals surface area contributed by atoms with E-state index in [4.69, 9.17) is 9.72 Å². The van der Waals surface area contributed by atoms with Gasteiger partial charge < -0.3 is 4.74 Å². The number of aromatic nitrogens is 1. The topological polar surface area (TPSA) is 22.1 Å². The molecule has 0 saturated heterocycles. The van der Waals surface area contributed by atoms with Gasteiger partial charge in [-0.15, -0.1) is 0 Å². The van der Waals surface area contributed by atoms with Crippen molar-refractivity contribution in [3.8, 4) is 5.75 Å². The summed E-state index contributed by atoms with van der Waals surface area (Å²) >= 11 is 1.70. The van der Waals surface area contributed by atoms with E-state index in [0.717, 1.165) is 55.6 Å². The molecule has 0 aliphatic carbocycles. The number of hydrogen-bond donors (Lipinski definition) is 0. The molecule has 0 aliphatic rings. The molecule has 0 unspecified atom stereocenters. The summed E-state index contributed by atoms with van der Waals surface area (Å²) in [6, 6.07) is 29.5. The standard InChI is InChI=1S/C38H37NOS/c1-5-8-9-10-11-12-30-15-21-33(22-16-30)41-38-36-26-31(27(4)40-32-19-13-28(6-2)14-20-32)18-24-34(36)35-23-17-29(7-3)25-37(35)39-38/h6-7,13-26H,2-5,8-12H2,1H3. The maximum absolute atomic E-state index is 6.12. The fourth-order valence-electron chi connectivity index (χ4n) is 5.01. The van der Waals surface area contributed by atoms with E-state index >= 15 is 0 Å². The number of rotatable bonds is 13. The molecule has 2 nitrogen and oxygen atoms in total. The van der Waals surface area contributed by atoms with E-state index in [1.165, 1.54) is 42.6 Å². The molecule has 0 radical (unpaired) electrons. The van der Waals surface area contributed by atoms with E-state index in [0.29, 0.717) is 5.76 Å². The molecule has 0 atom stereocenters. The number of pyridine rings is 1. The van der Waals surface area contributed by atoms with E-state index in [1.807, 2.05) is 36.4 Å². The molecule has 0 N–H and O–H groups in total. The minimum atomic E-state index is 0.597. The first-order valence-corrected chi connectivity index (χ1v) is 15.3. The van der Waals surface area contributed by atoms with Gasteiger partial charge >= 0.3 is 0 Å². The zero-order chi connectivity index (χ0) is 28.6. The van der Waals surface area contributed by atoms with Crippen molar-refractivity contribution in [2.75, 3.05) is 0 Å². The van der Waals surface area contributed by atoms with Gasteiger partial charge in [0.2, 0.25) is 0 Å². The van der Waals surface area contributed by atoms with E-state index in [-0.39, 0.29) is 0 Å². The van der Waals surface area contributed by atoms with Crippen molar-refractivity contribution in [1.29, 1.82) is 0 Å². The van der Waals surface area contributed by atoms with Crippen molar-refractivity contribution in [2.24, 2.45) is 0 Å². The summed E-state index contributed by atoms with van der Waals surface area (Å²) in [7, 11) is 0. The summed E-state index contributed by atoms with van der Waals surface area (Å²) in [4.78, 5) is 6.32. The molecule has 0 spiro atoms. The molecule has 0 bridgehead atoms. The van der Waals surface area contributed by atoms with Crippen molar-refractivity contribution >= 4 is 51.3 Å². The third-order valence-electron chi connectivity index (χ3n) is 7.41. The lowest BCUT2D eigenvalue weighted by Gasteiger charge is -2.14. The number of nitrogens with zero attached hydrogens (tertiary/aromatic N) is 1. The van der Waals surface area contributed by atoms with Crippen LogP contribution in [0.25, 0.3) is 39.6 Å². The molecule has 5 aromatic rings. The Hall–Kier alpha value is -4.08. The number of unbranched alkanes of at least 4 members (excludes halogenated alkanes) is 4. The Kier molecular flexibility index (Phi) is 9.38. The second kappa shape index (κ2) is 13.5. The van der Waals surface area contributed by atoms with E-state index in [2.05, 4.69) is 87.3 Å². The third kappa shape index (κ3) is 6.99. The second-order valence-corrected chi connectivity index (χ2v) is 11.4. The quantitative estimate of drug-likeness (QED) is 0.0819. The molecule has 3 heteroatoms. The second-order valence-electron chi connectivity index (χ2n) is 10.4. The Morgan fingerprint density at radius 1 is 0.756 bits per heavy atom. The smallest absolute Gasteiger partial charge is 0.127 e. The average molecular weight is 556 g/mol. The maximum atomic E-state index is 6.12. The fourth-order valence-corrected chi connectivity index (χ4v) is 5.93. The van der Waals surface area contributed by atoms with Crippen LogP contribution >= 0.6 is 11.8 Å². The summed E-state index contributed by atoms with van der Waals surface area (Å²) in [5, 5.41) is 4.32. The van der Waals surface area contributed by atoms with Gasteiger partial charge in [-0.3, -0.25) is 0 Å².